The molecule has 2 fully saturated rings. The zero-order valence-corrected chi connectivity index (χ0v) is 12.5. The SMILES string of the molecule is CCS(=O)(=O)N1CCC(N2CCCC(C)C2)CC1. The van der Waals surface area contributed by atoms with Crippen LogP contribution < -0.4 is 0 Å². The van der Waals surface area contributed by atoms with Crippen molar-refractivity contribution in [3.63, 3.8) is 0 Å². The molecule has 0 spiro atoms. The molecule has 4 nitrogen and oxygen atoms in total. The third kappa shape index (κ3) is 3.25. The van der Waals surface area contributed by atoms with E-state index < -0.39 is 10.0 Å². The van der Waals surface area contributed by atoms with E-state index in [1.54, 1.807) is 11.2 Å². The van der Waals surface area contributed by atoms with Crippen molar-refractivity contribution in [2.75, 3.05) is 31.9 Å². The second-order valence-corrected chi connectivity index (χ2v) is 8.03. The van der Waals surface area contributed by atoms with Gasteiger partial charge in [-0.1, -0.05) is 6.92 Å². The lowest BCUT2D eigenvalue weighted by Gasteiger charge is -2.41. The first kappa shape index (κ1) is 14.3. The van der Waals surface area contributed by atoms with Gasteiger partial charge in [0.15, 0.2) is 0 Å². The Bertz CT molecular complexity index is 361. The van der Waals surface area contributed by atoms with Gasteiger partial charge in [-0.3, -0.25) is 0 Å². The van der Waals surface area contributed by atoms with Gasteiger partial charge in [-0.15, -0.1) is 0 Å². The van der Waals surface area contributed by atoms with Crippen LogP contribution in [0.1, 0.15) is 39.5 Å². The van der Waals surface area contributed by atoms with Gasteiger partial charge in [0, 0.05) is 25.7 Å². The number of piperidine rings is 2. The molecule has 0 aromatic heterocycles. The van der Waals surface area contributed by atoms with Gasteiger partial charge in [0.25, 0.3) is 0 Å². The fraction of sp³-hybridized carbons (Fsp3) is 1.00. The first-order valence-corrected chi connectivity index (χ1v) is 8.85. The molecular formula is C13H26N2O2S. The molecule has 5 heteroatoms. The maximum Gasteiger partial charge on any atom is 0.213 e. The van der Waals surface area contributed by atoms with E-state index in [-0.39, 0.29) is 5.75 Å². The highest BCUT2D eigenvalue weighted by molar-refractivity contribution is 7.89. The maximum atomic E-state index is 11.8. The van der Waals surface area contributed by atoms with Crippen molar-refractivity contribution in [3.05, 3.63) is 0 Å². The van der Waals surface area contributed by atoms with E-state index in [1.165, 1.54) is 25.9 Å². The number of hydrogen-bond donors (Lipinski definition) is 0. The summed E-state index contributed by atoms with van der Waals surface area (Å²) in [5.74, 6) is 1.04. The van der Waals surface area contributed by atoms with Crippen molar-refractivity contribution in [1.29, 1.82) is 0 Å². The fourth-order valence-electron chi connectivity index (χ4n) is 3.23. The molecule has 2 rings (SSSR count). The van der Waals surface area contributed by atoms with Crippen molar-refractivity contribution in [3.8, 4) is 0 Å². The van der Waals surface area contributed by atoms with E-state index in [1.807, 2.05) is 0 Å². The minimum absolute atomic E-state index is 0.235. The molecule has 1 unspecified atom stereocenters. The monoisotopic (exact) mass is 274 g/mol. The van der Waals surface area contributed by atoms with Gasteiger partial charge in [0.1, 0.15) is 0 Å². The summed E-state index contributed by atoms with van der Waals surface area (Å²) in [7, 11) is -2.97. The Balaban J connectivity index is 1.86. The predicted octanol–water partition coefficient (Wildman–Crippen LogP) is 1.53. The molecule has 0 aromatic rings. The molecule has 0 aliphatic carbocycles. The van der Waals surface area contributed by atoms with Crippen LogP contribution >= 0.6 is 0 Å². The van der Waals surface area contributed by atoms with Crippen molar-refractivity contribution in [2.24, 2.45) is 5.92 Å². The lowest BCUT2D eigenvalue weighted by molar-refractivity contribution is 0.0944. The average Bonchev–Trinajstić information content (AvgIpc) is 2.39. The van der Waals surface area contributed by atoms with Gasteiger partial charge in [-0.05, 0) is 45.1 Å². The van der Waals surface area contributed by atoms with Gasteiger partial charge >= 0.3 is 0 Å². The Hall–Kier alpha value is -0.130. The smallest absolute Gasteiger partial charge is 0.213 e. The summed E-state index contributed by atoms with van der Waals surface area (Å²) in [6, 6.07) is 0.607. The van der Waals surface area contributed by atoms with Crippen LogP contribution in [0.3, 0.4) is 0 Å². The van der Waals surface area contributed by atoms with Crippen molar-refractivity contribution in [1.82, 2.24) is 9.21 Å². The number of rotatable bonds is 3. The van der Waals surface area contributed by atoms with Crippen LogP contribution in [0.4, 0.5) is 0 Å². The number of sulfonamides is 1. The Labute approximate surface area is 111 Å². The van der Waals surface area contributed by atoms with Crippen LogP contribution in [0.5, 0.6) is 0 Å². The molecule has 0 amide bonds. The molecule has 2 heterocycles. The highest BCUT2D eigenvalue weighted by atomic mass is 32.2. The highest BCUT2D eigenvalue weighted by Crippen LogP contribution is 2.24. The van der Waals surface area contributed by atoms with Crippen molar-refractivity contribution < 1.29 is 8.42 Å². The van der Waals surface area contributed by atoms with Gasteiger partial charge in [0.05, 0.1) is 5.75 Å². The second kappa shape index (κ2) is 5.88. The number of nitrogens with zero attached hydrogens (tertiary/aromatic N) is 2. The van der Waals surface area contributed by atoms with E-state index in [4.69, 9.17) is 0 Å². The van der Waals surface area contributed by atoms with Crippen LogP contribution in [0.2, 0.25) is 0 Å². The van der Waals surface area contributed by atoms with E-state index in [0.717, 1.165) is 18.8 Å². The summed E-state index contributed by atoms with van der Waals surface area (Å²) in [6.07, 6.45) is 4.66. The molecule has 0 saturated carbocycles. The summed E-state index contributed by atoms with van der Waals surface area (Å²) in [5, 5.41) is 0. The van der Waals surface area contributed by atoms with Crippen molar-refractivity contribution in [2.45, 2.75) is 45.6 Å². The quantitative estimate of drug-likeness (QED) is 0.784. The zero-order valence-electron chi connectivity index (χ0n) is 11.6. The third-order valence-electron chi connectivity index (χ3n) is 4.39. The Morgan fingerprint density at radius 3 is 2.33 bits per heavy atom. The van der Waals surface area contributed by atoms with E-state index >= 15 is 0 Å². The minimum Gasteiger partial charge on any atom is -0.300 e. The van der Waals surface area contributed by atoms with Gasteiger partial charge in [-0.25, -0.2) is 12.7 Å². The van der Waals surface area contributed by atoms with Gasteiger partial charge in [-0.2, -0.15) is 0 Å². The Morgan fingerprint density at radius 1 is 1.11 bits per heavy atom. The first-order chi connectivity index (χ1) is 8.53. The van der Waals surface area contributed by atoms with Crippen LogP contribution in [0.25, 0.3) is 0 Å². The summed E-state index contributed by atoms with van der Waals surface area (Å²) in [4.78, 5) is 2.59. The number of hydrogen-bond acceptors (Lipinski definition) is 3. The lowest BCUT2D eigenvalue weighted by atomic mass is 9.96. The first-order valence-electron chi connectivity index (χ1n) is 7.25. The third-order valence-corrected chi connectivity index (χ3v) is 6.27. The topological polar surface area (TPSA) is 40.6 Å². The largest absolute Gasteiger partial charge is 0.300 e. The number of likely N-dealkylation sites (tertiary alicyclic amines) is 1. The molecular weight excluding hydrogens is 248 g/mol. The maximum absolute atomic E-state index is 11.8. The Morgan fingerprint density at radius 2 is 1.78 bits per heavy atom. The van der Waals surface area contributed by atoms with E-state index in [9.17, 15) is 8.42 Å². The highest BCUT2D eigenvalue weighted by Gasteiger charge is 2.31. The molecule has 2 aliphatic heterocycles. The molecule has 0 N–H and O–H groups in total. The zero-order chi connectivity index (χ0) is 13.2. The minimum atomic E-state index is -2.97. The molecule has 18 heavy (non-hydrogen) atoms. The summed E-state index contributed by atoms with van der Waals surface area (Å²) < 4.78 is 25.3. The normalized spacial score (nSPS) is 29.6. The molecule has 0 bridgehead atoms. The molecule has 1 atom stereocenters. The molecule has 106 valence electrons. The van der Waals surface area contributed by atoms with Gasteiger partial charge < -0.3 is 4.90 Å². The summed E-state index contributed by atoms with van der Waals surface area (Å²) in [5.41, 5.74) is 0. The molecule has 0 radical (unpaired) electrons. The lowest BCUT2D eigenvalue weighted by Crippen LogP contribution is -2.49. The van der Waals surface area contributed by atoms with E-state index in [0.29, 0.717) is 19.1 Å². The average molecular weight is 274 g/mol. The Kier molecular flexibility index (Phi) is 4.67. The molecule has 2 aliphatic rings. The van der Waals surface area contributed by atoms with Crippen molar-refractivity contribution >= 4 is 10.0 Å². The van der Waals surface area contributed by atoms with Gasteiger partial charge in [0.2, 0.25) is 10.0 Å². The summed E-state index contributed by atoms with van der Waals surface area (Å²) >= 11 is 0. The van der Waals surface area contributed by atoms with E-state index in [2.05, 4.69) is 11.8 Å². The predicted molar refractivity (Wildman–Crippen MR) is 74.0 cm³/mol. The standard InChI is InChI=1S/C13H26N2O2S/c1-3-18(16,17)15-9-6-13(7-10-15)14-8-4-5-12(2)11-14/h12-13H,3-11H2,1-2H3. The fourth-order valence-corrected chi connectivity index (χ4v) is 4.36. The molecule has 2 saturated heterocycles. The van der Waals surface area contributed by atoms with Crippen LogP contribution in [-0.4, -0.2) is 55.6 Å². The van der Waals surface area contributed by atoms with Crippen LogP contribution in [0.15, 0.2) is 0 Å². The molecule has 0 aromatic carbocycles. The van der Waals surface area contributed by atoms with Crippen LogP contribution in [-0.2, 0) is 10.0 Å². The second-order valence-electron chi connectivity index (χ2n) is 5.77. The summed E-state index contributed by atoms with van der Waals surface area (Å²) in [6.45, 7) is 7.88. The van der Waals surface area contributed by atoms with Crippen LogP contribution in [0, 0.1) is 5.92 Å².